The summed E-state index contributed by atoms with van der Waals surface area (Å²) in [5, 5.41) is -2.31. The van der Waals surface area contributed by atoms with Gasteiger partial charge in [0.15, 0.2) is 16.4 Å². The van der Waals surface area contributed by atoms with Crippen LogP contribution in [-0.2, 0) is 14.3 Å². The zero-order valence-electron chi connectivity index (χ0n) is 6.14. The summed E-state index contributed by atoms with van der Waals surface area (Å²) in [5.41, 5.74) is 0. The van der Waals surface area contributed by atoms with Gasteiger partial charge in [-0.05, 0) is 13.8 Å². The zero-order chi connectivity index (χ0) is 8.70. The van der Waals surface area contributed by atoms with Gasteiger partial charge >= 0.3 is 0 Å². The third-order valence-corrected chi connectivity index (χ3v) is 2.58. The van der Waals surface area contributed by atoms with E-state index in [0.717, 1.165) is 0 Å². The Kier molecular flexibility index (Phi) is 2.18. The molecule has 5 heteroatoms. The lowest BCUT2D eigenvalue weighted by Crippen LogP contribution is -2.36. The number of rotatable bonds is 1. The van der Waals surface area contributed by atoms with E-state index in [0.29, 0.717) is 6.29 Å². The molecular formula is C6H8Cl2O3. The first-order valence-corrected chi connectivity index (χ1v) is 3.83. The summed E-state index contributed by atoms with van der Waals surface area (Å²) in [4.78, 5) is 10.2. The molecule has 0 aliphatic carbocycles. The number of aldehydes is 1. The van der Waals surface area contributed by atoms with E-state index in [9.17, 15) is 4.79 Å². The molecule has 0 saturated carbocycles. The van der Waals surface area contributed by atoms with Crippen LogP contribution in [0.5, 0.6) is 0 Å². The quantitative estimate of drug-likeness (QED) is 0.473. The van der Waals surface area contributed by atoms with E-state index in [2.05, 4.69) is 0 Å². The highest BCUT2D eigenvalue weighted by Crippen LogP contribution is 2.44. The highest BCUT2D eigenvalue weighted by atomic mass is 35.5. The average Bonchev–Trinajstić information content (AvgIpc) is 2.03. The number of hydrogen-bond acceptors (Lipinski definition) is 3. The monoisotopic (exact) mass is 198 g/mol. The largest absolute Gasteiger partial charge is 0.320 e. The molecule has 1 aliphatic heterocycles. The number of carbonyl (C=O) groups is 1. The maximum atomic E-state index is 10.2. The average molecular weight is 199 g/mol. The number of hydrogen-bond donors (Lipinski definition) is 0. The van der Waals surface area contributed by atoms with E-state index >= 15 is 0 Å². The van der Waals surface area contributed by atoms with Gasteiger partial charge in [0.25, 0.3) is 0 Å². The Morgan fingerprint density at radius 2 is 1.64 bits per heavy atom. The number of alkyl halides is 2. The van der Waals surface area contributed by atoms with E-state index in [1.807, 2.05) is 0 Å². The van der Waals surface area contributed by atoms with Crippen molar-refractivity contribution in [2.75, 3.05) is 0 Å². The third-order valence-electron chi connectivity index (χ3n) is 1.58. The van der Waals surface area contributed by atoms with Gasteiger partial charge in [-0.2, -0.15) is 0 Å². The summed E-state index contributed by atoms with van der Waals surface area (Å²) in [7, 11) is 0. The maximum Gasteiger partial charge on any atom is 0.218 e. The molecule has 0 N–H and O–H groups in total. The van der Waals surface area contributed by atoms with Gasteiger partial charge in [-0.1, -0.05) is 23.2 Å². The SMILES string of the molecule is CC1(Cl)OC(C=O)OC1(C)Cl. The van der Waals surface area contributed by atoms with Gasteiger partial charge in [-0.25, -0.2) is 0 Å². The minimum atomic E-state index is -1.15. The second-order valence-corrected chi connectivity index (χ2v) is 4.02. The Bertz CT molecular complexity index is 163. The van der Waals surface area contributed by atoms with Crippen LogP contribution < -0.4 is 0 Å². The molecule has 1 fully saturated rings. The number of carbonyl (C=O) groups excluding carboxylic acids is 1. The van der Waals surface area contributed by atoms with E-state index in [1.54, 1.807) is 13.8 Å². The predicted octanol–water partition coefficient (Wildman–Crippen LogP) is 1.47. The summed E-state index contributed by atoms with van der Waals surface area (Å²) in [6.45, 7) is 3.09. The molecule has 0 aromatic rings. The van der Waals surface area contributed by atoms with Gasteiger partial charge < -0.3 is 9.47 Å². The van der Waals surface area contributed by atoms with E-state index in [1.165, 1.54) is 0 Å². The van der Waals surface area contributed by atoms with E-state index < -0.39 is 16.4 Å². The van der Waals surface area contributed by atoms with Crippen molar-refractivity contribution in [3.05, 3.63) is 0 Å². The first-order valence-electron chi connectivity index (χ1n) is 3.08. The maximum absolute atomic E-state index is 10.2. The first kappa shape index (κ1) is 9.26. The smallest absolute Gasteiger partial charge is 0.218 e. The summed E-state index contributed by atoms with van der Waals surface area (Å²) in [6, 6.07) is 0. The summed E-state index contributed by atoms with van der Waals surface area (Å²) >= 11 is 11.6. The highest BCUT2D eigenvalue weighted by molar-refractivity contribution is 6.33. The molecular weight excluding hydrogens is 191 g/mol. The minimum Gasteiger partial charge on any atom is -0.320 e. The summed E-state index contributed by atoms with van der Waals surface area (Å²) in [5.74, 6) is 0. The van der Waals surface area contributed by atoms with Crippen LogP contribution in [0.1, 0.15) is 13.8 Å². The molecule has 1 aliphatic rings. The molecule has 11 heavy (non-hydrogen) atoms. The van der Waals surface area contributed by atoms with Crippen molar-refractivity contribution >= 4 is 29.5 Å². The Hall–Kier alpha value is 0.170. The zero-order valence-corrected chi connectivity index (χ0v) is 7.65. The van der Waals surface area contributed by atoms with Gasteiger partial charge in [0.1, 0.15) is 0 Å². The lowest BCUT2D eigenvalue weighted by molar-refractivity contribution is -0.135. The number of halogens is 2. The molecule has 1 saturated heterocycles. The molecule has 2 atom stereocenters. The van der Waals surface area contributed by atoms with Crippen LogP contribution in [0.3, 0.4) is 0 Å². The molecule has 1 heterocycles. The van der Waals surface area contributed by atoms with E-state index in [4.69, 9.17) is 32.7 Å². The fraction of sp³-hybridized carbons (Fsp3) is 0.833. The van der Waals surface area contributed by atoms with Gasteiger partial charge in [-0.3, -0.25) is 4.79 Å². The third kappa shape index (κ3) is 1.51. The molecule has 1 rings (SSSR count). The molecule has 2 unspecified atom stereocenters. The fourth-order valence-electron chi connectivity index (χ4n) is 0.726. The molecule has 3 nitrogen and oxygen atoms in total. The van der Waals surface area contributed by atoms with Crippen molar-refractivity contribution in [1.82, 2.24) is 0 Å². The molecule has 0 radical (unpaired) electrons. The van der Waals surface area contributed by atoms with Gasteiger partial charge in [0, 0.05) is 0 Å². The van der Waals surface area contributed by atoms with Crippen molar-refractivity contribution in [1.29, 1.82) is 0 Å². The van der Waals surface area contributed by atoms with Crippen LogP contribution >= 0.6 is 23.2 Å². The van der Waals surface area contributed by atoms with Crippen LogP contribution in [0.15, 0.2) is 0 Å². The molecule has 0 aromatic carbocycles. The summed E-state index contributed by atoms with van der Waals surface area (Å²) in [6.07, 6.45) is -0.450. The lowest BCUT2D eigenvalue weighted by Gasteiger charge is -2.24. The Labute approximate surface area is 74.6 Å². The Balaban J connectivity index is 2.79. The van der Waals surface area contributed by atoms with Crippen LogP contribution in [0.4, 0.5) is 0 Å². The first-order chi connectivity index (χ1) is 4.89. The van der Waals surface area contributed by atoms with Gasteiger partial charge in [0.2, 0.25) is 6.29 Å². The van der Waals surface area contributed by atoms with Crippen molar-refractivity contribution < 1.29 is 14.3 Å². The van der Waals surface area contributed by atoms with Crippen LogP contribution in [-0.4, -0.2) is 22.7 Å². The van der Waals surface area contributed by atoms with E-state index in [-0.39, 0.29) is 0 Å². The predicted molar refractivity (Wildman–Crippen MR) is 40.5 cm³/mol. The second-order valence-electron chi connectivity index (χ2n) is 2.57. The lowest BCUT2D eigenvalue weighted by atomic mass is 10.2. The molecule has 0 bridgehead atoms. The fourth-order valence-corrected chi connectivity index (χ4v) is 0.991. The summed E-state index contributed by atoms with van der Waals surface area (Å²) < 4.78 is 9.91. The second kappa shape index (κ2) is 2.59. The standard InChI is InChI=1S/C6H8Cl2O3/c1-5(7)6(2,8)11-4(3-9)10-5/h3-4H,1-2H3. The molecule has 64 valence electrons. The van der Waals surface area contributed by atoms with Crippen molar-refractivity contribution in [3.8, 4) is 0 Å². The van der Waals surface area contributed by atoms with Crippen LogP contribution in [0, 0.1) is 0 Å². The van der Waals surface area contributed by atoms with Gasteiger partial charge in [0.05, 0.1) is 0 Å². The Morgan fingerprint density at radius 3 is 1.82 bits per heavy atom. The minimum absolute atomic E-state index is 0.508. The normalized spacial score (nSPS) is 51.1. The molecule has 0 aromatic heterocycles. The topological polar surface area (TPSA) is 35.5 Å². The molecule has 0 amide bonds. The Morgan fingerprint density at radius 1 is 1.27 bits per heavy atom. The van der Waals surface area contributed by atoms with Gasteiger partial charge in [-0.15, -0.1) is 0 Å². The molecule has 0 spiro atoms. The van der Waals surface area contributed by atoms with Crippen LogP contribution in [0.2, 0.25) is 0 Å². The van der Waals surface area contributed by atoms with Crippen LogP contribution in [0.25, 0.3) is 0 Å². The van der Waals surface area contributed by atoms with Crippen molar-refractivity contribution in [3.63, 3.8) is 0 Å². The van der Waals surface area contributed by atoms with Crippen molar-refractivity contribution in [2.45, 2.75) is 30.3 Å². The number of ether oxygens (including phenoxy) is 2. The highest BCUT2D eigenvalue weighted by Gasteiger charge is 2.53. The van der Waals surface area contributed by atoms with Crippen molar-refractivity contribution in [2.24, 2.45) is 0 Å².